The molecule has 31 heavy (non-hydrogen) atoms. The molecule has 0 unspecified atom stereocenters. The van der Waals surface area contributed by atoms with Gasteiger partial charge in [-0.1, -0.05) is 12.1 Å². The second-order valence-corrected chi connectivity index (χ2v) is 7.58. The van der Waals surface area contributed by atoms with Crippen molar-refractivity contribution in [3.05, 3.63) is 77.6 Å². The van der Waals surface area contributed by atoms with Crippen LogP contribution in [-0.4, -0.2) is 60.5 Å². The third kappa shape index (κ3) is 4.95. The Morgan fingerprint density at radius 3 is 2.42 bits per heavy atom. The molecule has 1 N–H and O–H groups in total. The topological polar surface area (TPSA) is 68.6 Å². The monoisotopic (exact) mass is 420 g/mol. The minimum atomic E-state index is -0.0875. The molecule has 1 amide bonds. The fourth-order valence-electron chi connectivity index (χ4n) is 3.86. The number of ether oxygens (including phenoxy) is 2. The van der Waals surface area contributed by atoms with Crippen LogP contribution in [0.1, 0.15) is 27.7 Å². The van der Waals surface area contributed by atoms with Gasteiger partial charge < -0.3 is 14.8 Å². The highest BCUT2D eigenvalue weighted by Crippen LogP contribution is 2.24. The van der Waals surface area contributed by atoms with E-state index in [9.17, 15) is 4.79 Å². The van der Waals surface area contributed by atoms with Gasteiger partial charge in [0.15, 0.2) is 0 Å². The number of amides is 1. The van der Waals surface area contributed by atoms with Crippen LogP contribution in [0.4, 0.5) is 0 Å². The molecule has 7 nitrogen and oxygen atoms in total. The first-order chi connectivity index (χ1) is 15.2. The molecular weight excluding hydrogens is 392 g/mol. The molecule has 0 bridgehead atoms. The summed E-state index contributed by atoms with van der Waals surface area (Å²) in [6.07, 6.45) is 1.76. The molecule has 1 saturated heterocycles. The molecule has 4 rings (SSSR count). The zero-order valence-electron chi connectivity index (χ0n) is 18.0. The number of methoxy groups -OCH3 is 1. The fraction of sp³-hybridized carbons (Fsp3) is 0.333. The van der Waals surface area contributed by atoms with E-state index >= 15 is 0 Å². The molecule has 0 radical (unpaired) electrons. The van der Waals surface area contributed by atoms with Gasteiger partial charge in [-0.2, -0.15) is 5.10 Å². The molecule has 1 fully saturated rings. The van der Waals surface area contributed by atoms with E-state index in [1.807, 2.05) is 54.1 Å². The van der Waals surface area contributed by atoms with E-state index in [1.165, 1.54) is 0 Å². The summed E-state index contributed by atoms with van der Waals surface area (Å²) in [7, 11) is 1.66. The summed E-state index contributed by atoms with van der Waals surface area (Å²) in [5.41, 5.74) is 3.75. The SMILES string of the molecule is COc1ccc([C@H](CNC(=O)c2ccc(-n3nccc3C)cc2)N2CCOCC2)cc1. The number of nitrogens with one attached hydrogen (secondary N) is 1. The third-order valence-corrected chi connectivity index (χ3v) is 5.65. The Morgan fingerprint density at radius 1 is 1.10 bits per heavy atom. The van der Waals surface area contributed by atoms with E-state index < -0.39 is 0 Å². The third-order valence-electron chi connectivity index (χ3n) is 5.65. The second kappa shape index (κ2) is 9.76. The maximum Gasteiger partial charge on any atom is 0.251 e. The van der Waals surface area contributed by atoms with Crippen LogP contribution in [0.25, 0.3) is 5.69 Å². The minimum absolute atomic E-state index is 0.0738. The largest absolute Gasteiger partial charge is 0.497 e. The summed E-state index contributed by atoms with van der Waals surface area (Å²) in [5.74, 6) is 0.733. The average Bonchev–Trinajstić information content (AvgIpc) is 3.26. The number of nitrogens with zero attached hydrogens (tertiary/aromatic N) is 3. The number of morpholine rings is 1. The maximum absolute atomic E-state index is 12.8. The van der Waals surface area contributed by atoms with Crippen molar-refractivity contribution in [1.82, 2.24) is 20.0 Å². The molecule has 2 aromatic carbocycles. The van der Waals surface area contributed by atoms with Gasteiger partial charge in [0.25, 0.3) is 5.91 Å². The van der Waals surface area contributed by atoms with Crippen molar-refractivity contribution in [1.29, 1.82) is 0 Å². The Morgan fingerprint density at radius 2 is 1.81 bits per heavy atom. The summed E-state index contributed by atoms with van der Waals surface area (Å²) in [4.78, 5) is 15.2. The lowest BCUT2D eigenvalue weighted by molar-refractivity contribution is 0.0162. The Kier molecular flexibility index (Phi) is 6.64. The van der Waals surface area contributed by atoms with E-state index in [0.29, 0.717) is 25.3 Å². The predicted molar refractivity (Wildman–Crippen MR) is 119 cm³/mol. The number of carbonyl (C=O) groups excluding carboxylic acids is 1. The molecular formula is C24H28N4O3. The predicted octanol–water partition coefficient (Wildman–Crippen LogP) is 2.99. The second-order valence-electron chi connectivity index (χ2n) is 7.58. The summed E-state index contributed by atoms with van der Waals surface area (Å²) in [6, 6.07) is 17.6. The van der Waals surface area contributed by atoms with Crippen LogP contribution in [0, 0.1) is 6.92 Å². The van der Waals surface area contributed by atoms with Crippen LogP contribution >= 0.6 is 0 Å². The minimum Gasteiger partial charge on any atom is -0.497 e. The molecule has 1 aliphatic rings. The average molecular weight is 421 g/mol. The molecule has 1 atom stereocenters. The van der Waals surface area contributed by atoms with E-state index in [4.69, 9.17) is 9.47 Å². The number of aromatic nitrogens is 2. The molecule has 1 aromatic heterocycles. The molecule has 1 aliphatic heterocycles. The van der Waals surface area contributed by atoms with Gasteiger partial charge in [0.2, 0.25) is 0 Å². The van der Waals surface area contributed by atoms with Crippen molar-refractivity contribution in [3.8, 4) is 11.4 Å². The van der Waals surface area contributed by atoms with E-state index in [0.717, 1.165) is 35.8 Å². The molecule has 2 heterocycles. The summed E-state index contributed by atoms with van der Waals surface area (Å²) in [6.45, 7) is 5.60. The Labute approximate surface area is 182 Å². The van der Waals surface area contributed by atoms with E-state index in [2.05, 4.69) is 27.4 Å². The standard InChI is InChI=1S/C24H28N4O3/c1-18-11-12-26-28(18)21-7-3-20(4-8-21)24(29)25-17-23(27-13-15-31-16-14-27)19-5-9-22(30-2)10-6-19/h3-12,23H,13-17H2,1-2H3,(H,25,29)/t23-/m0/s1. The van der Waals surface area contributed by atoms with Crippen molar-refractivity contribution in [2.45, 2.75) is 13.0 Å². The summed E-state index contributed by atoms with van der Waals surface area (Å²) < 4.78 is 12.6. The number of aryl methyl sites for hydroxylation is 1. The molecule has 0 aliphatic carbocycles. The van der Waals surface area contributed by atoms with Crippen LogP contribution in [0.3, 0.4) is 0 Å². The quantitative estimate of drug-likeness (QED) is 0.636. The molecule has 0 saturated carbocycles. The smallest absolute Gasteiger partial charge is 0.251 e. The molecule has 7 heteroatoms. The first-order valence-corrected chi connectivity index (χ1v) is 10.5. The fourth-order valence-corrected chi connectivity index (χ4v) is 3.86. The van der Waals surface area contributed by atoms with E-state index in [1.54, 1.807) is 13.3 Å². The Hall–Kier alpha value is -3.16. The van der Waals surface area contributed by atoms with Crippen LogP contribution in [0.15, 0.2) is 60.8 Å². The summed E-state index contributed by atoms with van der Waals surface area (Å²) in [5, 5.41) is 7.42. The van der Waals surface area contributed by atoms with Gasteiger partial charge in [-0.15, -0.1) is 0 Å². The lowest BCUT2D eigenvalue weighted by atomic mass is 10.0. The van der Waals surface area contributed by atoms with Gasteiger partial charge >= 0.3 is 0 Å². The van der Waals surface area contributed by atoms with Gasteiger partial charge in [-0.05, 0) is 55.0 Å². The van der Waals surface area contributed by atoms with Crippen molar-refractivity contribution in [2.24, 2.45) is 0 Å². The highest BCUT2D eigenvalue weighted by Gasteiger charge is 2.23. The Balaban J connectivity index is 1.45. The van der Waals surface area contributed by atoms with Crippen molar-refractivity contribution < 1.29 is 14.3 Å². The number of hydrogen-bond acceptors (Lipinski definition) is 5. The zero-order chi connectivity index (χ0) is 21.6. The Bertz CT molecular complexity index is 992. The van der Waals surface area contributed by atoms with Gasteiger partial charge in [0, 0.05) is 37.1 Å². The van der Waals surface area contributed by atoms with Gasteiger partial charge in [0.05, 0.1) is 32.1 Å². The van der Waals surface area contributed by atoms with Crippen molar-refractivity contribution in [3.63, 3.8) is 0 Å². The molecule has 3 aromatic rings. The van der Waals surface area contributed by atoms with Crippen LogP contribution in [-0.2, 0) is 4.74 Å². The lowest BCUT2D eigenvalue weighted by Gasteiger charge is -2.35. The molecule has 162 valence electrons. The van der Waals surface area contributed by atoms with Crippen LogP contribution in [0.5, 0.6) is 5.75 Å². The van der Waals surface area contributed by atoms with Crippen molar-refractivity contribution >= 4 is 5.91 Å². The zero-order valence-corrected chi connectivity index (χ0v) is 18.0. The van der Waals surface area contributed by atoms with Crippen molar-refractivity contribution in [2.75, 3.05) is 40.0 Å². The normalized spacial score (nSPS) is 15.4. The van der Waals surface area contributed by atoms with Gasteiger partial charge in [0.1, 0.15) is 5.75 Å². The van der Waals surface area contributed by atoms with Crippen LogP contribution < -0.4 is 10.1 Å². The van der Waals surface area contributed by atoms with Crippen LogP contribution in [0.2, 0.25) is 0 Å². The number of benzene rings is 2. The first-order valence-electron chi connectivity index (χ1n) is 10.5. The van der Waals surface area contributed by atoms with Gasteiger partial charge in [-0.25, -0.2) is 4.68 Å². The first kappa shape index (κ1) is 21.1. The molecule has 0 spiro atoms. The van der Waals surface area contributed by atoms with Gasteiger partial charge in [-0.3, -0.25) is 9.69 Å². The highest BCUT2D eigenvalue weighted by molar-refractivity contribution is 5.94. The van der Waals surface area contributed by atoms with E-state index in [-0.39, 0.29) is 11.9 Å². The number of hydrogen-bond donors (Lipinski definition) is 1. The highest BCUT2D eigenvalue weighted by atomic mass is 16.5. The lowest BCUT2D eigenvalue weighted by Crippen LogP contribution is -2.43. The maximum atomic E-state index is 12.8. The number of carbonyl (C=O) groups is 1. The number of rotatable bonds is 7. The summed E-state index contributed by atoms with van der Waals surface area (Å²) >= 11 is 0.